The second kappa shape index (κ2) is 10.3. The number of anilines is 1. The molecule has 0 saturated heterocycles. The summed E-state index contributed by atoms with van der Waals surface area (Å²) in [6.07, 6.45) is 1.40. The van der Waals surface area contributed by atoms with Crippen LogP contribution in [-0.4, -0.2) is 40.4 Å². The Morgan fingerprint density at radius 3 is 2.49 bits per heavy atom. The largest absolute Gasteiger partial charge is 0.497 e. The van der Waals surface area contributed by atoms with Gasteiger partial charge in [0.15, 0.2) is 5.82 Å². The number of carbonyl (C=O) groups is 2. The summed E-state index contributed by atoms with van der Waals surface area (Å²) < 4.78 is 12.1. The minimum Gasteiger partial charge on any atom is -0.497 e. The Balaban J connectivity index is 1.61. The van der Waals surface area contributed by atoms with Gasteiger partial charge in [0.2, 0.25) is 0 Å². The average Bonchev–Trinajstić information content (AvgIpc) is 3.36. The number of nitrogens with zero attached hydrogens (tertiary/aromatic N) is 3. The topological polar surface area (TPSA) is 95.3 Å². The number of ether oxygens (including phenoxy) is 2. The zero-order valence-electron chi connectivity index (χ0n) is 20.3. The van der Waals surface area contributed by atoms with E-state index in [1.807, 2.05) is 78.9 Å². The van der Waals surface area contributed by atoms with Crippen molar-refractivity contribution in [3.05, 3.63) is 102 Å². The highest BCUT2D eigenvalue weighted by Gasteiger charge is 2.23. The molecule has 0 radical (unpaired) electrons. The summed E-state index contributed by atoms with van der Waals surface area (Å²) in [6.45, 7) is 1.92. The molecule has 0 fully saturated rings. The molecule has 3 aromatic carbocycles. The van der Waals surface area contributed by atoms with E-state index < -0.39 is 11.9 Å². The van der Waals surface area contributed by atoms with Gasteiger partial charge in [-0.2, -0.15) is 5.10 Å². The predicted molar refractivity (Wildman–Crippen MR) is 141 cm³/mol. The maximum atomic E-state index is 13.8. The third-order valence-electron chi connectivity index (χ3n) is 5.82. The van der Waals surface area contributed by atoms with Crippen molar-refractivity contribution in [1.29, 1.82) is 0 Å². The van der Waals surface area contributed by atoms with Crippen molar-refractivity contribution >= 4 is 28.6 Å². The molecule has 2 aromatic heterocycles. The summed E-state index contributed by atoms with van der Waals surface area (Å²) in [5, 5.41) is 7.95. The molecule has 0 aliphatic rings. The van der Waals surface area contributed by atoms with Crippen molar-refractivity contribution in [1.82, 2.24) is 14.8 Å². The van der Waals surface area contributed by atoms with Crippen LogP contribution in [0.4, 0.5) is 5.82 Å². The van der Waals surface area contributed by atoms with E-state index in [0.29, 0.717) is 33.6 Å². The van der Waals surface area contributed by atoms with Crippen LogP contribution in [0.15, 0.2) is 91.1 Å². The molecule has 1 amide bonds. The third kappa shape index (κ3) is 4.77. The van der Waals surface area contributed by atoms with Gasteiger partial charge in [0.25, 0.3) is 5.91 Å². The van der Waals surface area contributed by atoms with Gasteiger partial charge in [-0.15, -0.1) is 0 Å². The number of hydrogen-bond donors (Lipinski definition) is 1. The van der Waals surface area contributed by atoms with E-state index in [4.69, 9.17) is 14.5 Å². The van der Waals surface area contributed by atoms with Crippen molar-refractivity contribution in [3.63, 3.8) is 0 Å². The number of pyridine rings is 1. The summed E-state index contributed by atoms with van der Waals surface area (Å²) in [4.78, 5) is 31.3. The van der Waals surface area contributed by atoms with Crippen molar-refractivity contribution in [2.45, 2.75) is 6.92 Å². The maximum Gasteiger partial charge on any atom is 0.343 e. The molecule has 0 spiro atoms. The Labute approximate surface area is 213 Å². The lowest BCUT2D eigenvalue weighted by Crippen LogP contribution is -2.18. The van der Waals surface area contributed by atoms with Crippen LogP contribution in [-0.2, 0) is 4.74 Å². The van der Waals surface area contributed by atoms with Crippen LogP contribution in [0.5, 0.6) is 5.75 Å². The number of aromatic nitrogens is 3. The van der Waals surface area contributed by atoms with Gasteiger partial charge in [-0.05, 0) is 43.3 Å². The number of carbonyl (C=O) groups excluding carboxylic acids is 2. The highest BCUT2D eigenvalue weighted by atomic mass is 16.5. The second-order valence-electron chi connectivity index (χ2n) is 8.13. The summed E-state index contributed by atoms with van der Waals surface area (Å²) in [6, 6.07) is 25.9. The SMILES string of the molecule is CCOC(=O)c1cnn(-c2ccccc2)c1NC(=O)c1cc(-c2cccc(OC)c2)nc2ccccc12. The first-order valence-electron chi connectivity index (χ1n) is 11.7. The van der Waals surface area contributed by atoms with Crippen molar-refractivity contribution in [2.24, 2.45) is 0 Å². The summed E-state index contributed by atoms with van der Waals surface area (Å²) in [5.41, 5.74) is 3.33. The van der Waals surface area contributed by atoms with E-state index >= 15 is 0 Å². The fourth-order valence-electron chi connectivity index (χ4n) is 4.06. The number of fused-ring (bicyclic) bond motifs is 1. The predicted octanol–water partition coefficient (Wildman–Crippen LogP) is 5.53. The lowest BCUT2D eigenvalue weighted by molar-refractivity contribution is 0.0527. The summed E-state index contributed by atoms with van der Waals surface area (Å²) in [5.74, 6) is -0.0783. The molecule has 37 heavy (non-hydrogen) atoms. The Bertz CT molecular complexity index is 1590. The number of esters is 1. The van der Waals surface area contributed by atoms with Gasteiger partial charge in [-0.1, -0.05) is 48.5 Å². The van der Waals surface area contributed by atoms with Crippen molar-refractivity contribution < 1.29 is 19.1 Å². The van der Waals surface area contributed by atoms with Crippen LogP contribution in [0.3, 0.4) is 0 Å². The highest BCUT2D eigenvalue weighted by molar-refractivity contribution is 6.14. The second-order valence-corrected chi connectivity index (χ2v) is 8.13. The smallest absolute Gasteiger partial charge is 0.343 e. The molecule has 5 aromatic rings. The quantitative estimate of drug-likeness (QED) is 0.300. The molecule has 8 nitrogen and oxygen atoms in total. The molecular formula is C29H24N4O4. The molecule has 8 heteroatoms. The first-order chi connectivity index (χ1) is 18.1. The monoisotopic (exact) mass is 492 g/mol. The molecule has 2 heterocycles. The Hall–Kier alpha value is -4.98. The summed E-state index contributed by atoms with van der Waals surface area (Å²) >= 11 is 0. The van der Waals surface area contributed by atoms with Crippen LogP contribution >= 0.6 is 0 Å². The van der Waals surface area contributed by atoms with Gasteiger partial charge in [-0.25, -0.2) is 14.5 Å². The van der Waals surface area contributed by atoms with Crippen LogP contribution in [0.25, 0.3) is 27.8 Å². The molecule has 0 aliphatic carbocycles. The fourth-order valence-corrected chi connectivity index (χ4v) is 4.06. The standard InChI is InChI=1S/C29H24N4O4/c1-3-37-29(35)24-18-30-33(20-11-5-4-6-12-20)27(24)32-28(34)23-17-26(19-10-9-13-21(16-19)36-2)31-25-15-8-7-14-22(23)25/h4-18H,3H2,1-2H3,(H,32,34). The van der Waals surface area contributed by atoms with Gasteiger partial charge >= 0.3 is 5.97 Å². The molecule has 0 aliphatic heterocycles. The van der Waals surface area contributed by atoms with Gasteiger partial charge in [0.1, 0.15) is 11.3 Å². The molecule has 0 bridgehead atoms. The van der Waals surface area contributed by atoms with E-state index in [1.165, 1.54) is 10.9 Å². The normalized spacial score (nSPS) is 10.8. The third-order valence-corrected chi connectivity index (χ3v) is 5.82. The fraction of sp³-hybridized carbons (Fsp3) is 0.103. The number of rotatable bonds is 7. The van der Waals surface area contributed by atoms with E-state index in [0.717, 1.165) is 5.56 Å². The van der Waals surface area contributed by atoms with Gasteiger partial charge in [0.05, 0.1) is 42.4 Å². The molecule has 5 rings (SSSR count). The summed E-state index contributed by atoms with van der Waals surface area (Å²) in [7, 11) is 1.60. The molecule has 0 saturated carbocycles. The van der Waals surface area contributed by atoms with Gasteiger partial charge in [-0.3, -0.25) is 4.79 Å². The first-order valence-corrected chi connectivity index (χ1v) is 11.7. The minimum atomic E-state index is -0.573. The molecule has 184 valence electrons. The zero-order valence-corrected chi connectivity index (χ0v) is 20.3. The van der Waals surface area contributed by atoms with E-state index in [1.54, 1.807) is 20.1 Å². The molecule has 1 N–H and O–H groups in total. The van der Waals surface area contributed by atoms with Crippen LogP contribution < -0.4 is 10.1 Å². The zero-order chi connectivity index (χ0) is 25.8. The number of amides is 1. The molecular weight excluding hydrogens is 468 g/mol. The number of para-hydroxylation sites is 2. The number of methoxy groups -OCH3 is 1. The van der Waals surface area contributed by atoms with Crippen LogP contribution in [0, 0.1) is 0 Å². The lowest BCUT2D eigenvalue weighted by Gasteiger charge is -2.13. The van der Waals surface area contributed by atoms with Crippen molar-refractivity contribution in [2.75, 3.05) is 19.0 Å². The van der Waals surface area contributed by atoms with Gasteiger partial charge in [0, 0.05) is 10.9 Å². The van der Waals surface area contributed by atoms with E-state index in [2.05, 4.69) is 10.4 Å². The maximum absolute atomic E-state index is 13.8. The van der Waals surface area contributed by atoms with Gasteiger partial charge < -0.3 is 14.8 Å². The van der Waals surface area contributed by atoms with Crippen LogP contribution in [0.2, 0.25) is 0 Å². The Kier molecular flexibility index (Phi) is 6.63. The Morgan fingerprint density at radius 1 is 0.919 bits per heavy atom. The van der Waals surface area contributed by atoms with Crippen molar-refractivity contribution in [3.8, 4) is 22.7 Å². The number of hydrogen-bond acceptors (Lipinski definition) is 6. The molecule has 0 atom stereocenters. The lowest BCUT2D eigenvalue weighted by atomic mass is 10.0. The first kappa shape index (κ1) is 23.7. The average molecular weight is 493 g/mol. The number of nitrogens with one attached hydrogen (secondary N) is 1. The number of benzene rings is 3. The van der Waals surface area contributed by atoms with E-state index in [9.17, 15) is 9.59 Å². The van der Waals surface area contributed by atoms with E-state index in [-0.39, 0.29) is 18.0 Å². The van der Waals surface area contributed by atoms with Crippen LogP contribution in [0.1, 0.15) is 27.6 Å². The molecule has 0 unspecified atom stereocenters. The minimum absolute atomic E-state index is 0.158. The Morgan fingerprint density at radius 2 is 1.70 bits per heavy atom. The highest BCUT2D eigenvalue weighted by Crippen LogP contribution is 2.29.